The lowest BCUT2D eigenvalue weighted by molar-refractivity contribution is -0.159. The third-order valence-corrected chi connectivity index (χ3v) is 5.19. The fourth-order valence-electron chi connectivity index (χ4n) is 3.84. The van der Waals surface area contributed by atoms with E-state index in [2.05, 4.69) is 47.1 Å². The third kappa shape index (κ3) is 6.77. The van der Waals surface area contributed by atoms with Crippen LogP contribution in [-0.4, -0.2) is 64.2 Å². The third-order valence-electron chi connectivity index (χ3n) is 5.19. The van der Waals surface area contributed by atoms with E-state index in [9.17, 15) is 0 Å². The number of nitrogens with zero attached hydrogens (tertiary/aromatic N) is 2. The lowest BCUT2D eigenvalue weighted by Gasteiger charge is -2.41. The number of carbonyl (C=O) groups is 2. The molecule has 2 fully saturated rings. The molecule has 2 heterocycles. The zero-order valence-corrected chi connectivity index (χ0v) is 15.5. The van der Waals surface area contributed by atoms with Gasteiger partial charge in [0, 0.05) is 19.1 Å². The molecule has 0 aliphatic carbocycles. The molecule has 0 saturated carbocycles. The van der Waals surface area contributed by atoms with Gasteiger partial charge in [-0.3, -0.25) is 4.90 Å². The number of benzene rings is 1. The van der Waals surface area contributed by atoms with Crippen LogP contribution in [-0.2, 0) is 16.1 Å². The molecule has 3 rings (SSSR count). The number of likely N-dealkylation sites (tertiary alicyclic amines) is 2. The smallest absolute Gasteiger partial charge is 0.414 e. The van der Waals surface area contributed by atoms with Gasteiger partial charge in [0.25, 0.3) is 0 Å². The van der Waals surface area contributed by atoms with Gasteiger partial charge in [0.15, 0.2) is 0 Å². The Balaban J connectivity index is 0.000000352. The van der Waals surface area contributed by atoms with Crippen LogP contribution in [0.5, 0.6) is 0 Å². The maximum absolute atomic E-state index is 9.10. The maximum atomic E-state index is 9.10. The van der Waals surface area contributed by atoms with Gasteiger partial charge in [0.2, 0.25) is 0 Å². The van der Waals surface area contributed by atoms with Gasteiger partial charge in [0.05, 0.1) is 0 Å². The van der Waals surface area contributed by atoms with Crippen molar-refractivity contribution in [3.05, 3.63) is 35.9 Å². The average Bonchev–Trinajstić information content (AvgIpc) is 2.64. The Bertz CT molecular complexity index is 558. The molecule has 6 heteroatoms. The molecule has 2 aliphatic rings. The van der Waals surface area contributed by atoms with Crippen molar-refractivity contribution >= 4 is 11.9 Å². The molecule has 0 bridgehead atoms. The predicted molar refractivity (Wildman–Crippen MR) is 100.0 cm³/mol. The molecule has 1 aromatic rings. The van der Waals surface area contributed by atoms with Crippen LogP contribution in [0, 0.1) is 5.92 Å². The highest BCUT2D eigenvalue weighted by Crippen LogP contribution is 2.24. The Kier molecular flexibility index (Phi) is 8.06. The van der Waals surface area contributed by atoms with Crippen LogP contribution in [0.15, 0.2) is 30.3 Å². The van der Waals surface area contributed by atoms with E-state index in [0.717, 1.165) is 18.5 Å². The molecular weight excluding hydrogens is 332 g/mol. The highest BCUT2D eigenvalue weighted by Gasteiger charge is 2.27. The molecule has 0 spiro atoms. The fraction of sp³-hybridized carbons (Fsp3) is 0.600. The monoisotopic (exact) mass is 362 g/mol. The average molecular weight is 362 g/mol. The molecule has 2 aliphatic heterocycles. The van der Waals surface area contributed by atoms with Crippen LogP contribution in [0.25, 0.3) is 0 Å². The Morgan fingerprint density at radius 2 is 1.62 bits per heavy atom. The first-order chi connectivity index (χ1) is 12.5. The van der Waals surface area contributed by atoms with E-state index in [1.54, 1.807) is 0 Å². The Hall–Kier alpha value is -1.92. The van der Waals surface area contributed by atoms with Crippen LogP contribution in [0.1, 0.15) is 38.2 Å². The van der Waals surface area contributed by atoms with Crippen LogP contribution < -0.4 is 0 Å². The van der Waals surface area contributed by atoms with Crippen molar-refractivity contribution in [2.75, 3.05) is 26.2 Å². The molecular formula is C20H30N2O4. The van der Waals surface area contributed by atoms with Crippen LogP contribution in [0.4, 0.5) is 0 Å². The first kappa shape index (κ1) is 20.4. The van der Waals surface area contributed by atoms with Crippen LogP contribution >= 0.6 is 0 Å². The van der Waals surface area contributed by atoms with Crippen molar-refractivity contribution < 1.29 is 19.8 Å². The maximum Gasteiger partial charge on any atom is 0.414 e. The molecule has 0 aromatic heterocycles. The van der Waals surface area contributed by atoms with Crippen LogP contribution in [0.2, 0.25) is 0 Å². The van der Waals surface area contributed by atoms with Crippen molar-refractivity contribution in [2.24, 2.45) is 5.92 Å². The largest absolute Gasteiger partial charge is 0.473 e. The molecule has 1 atom stereocenters. The first-order valence-electron chi connectivity index (χ1n) is 9.42. The summed E-state index contributed by atoms with van der Waals surface area (Å²) in [4.78, 5) is 23.6. The SMILES string of the molecule is CC1CCCN(C2CCN(Cc3ccccc3)CC2)C1.O=C(O)C(=O)O. The second kappa shape index (κ2) is 10.3. The molecule has 26 heavy (non-hydrogen) atoms. The normalized spacial score (nSPS) is 22.3. The molecule has 1 unspecified atom stereocenters. The topological polar surface area (TPSA) is 81.1 Å². The van der Waals surface area contributed by atoms with Gasteiger partial charge >= 0.3 is 11.9 Å². The highest BCUT2D eigenvalue weighted by molar-refractivity contribution is 6.27. The lowest BCUT2D eigenvalue weighted by atomic mass is 9.95. The van der Waals surface area contributed by atoms with Crippen molar-refractivity contribution in [1.82, 2.24) is 9.80 Å². The quantitative estimate of drug-likeness (QED) is 0.804. The molecule has 0 amide bonds. The van der Waals surface area contributed by atoms with Crippen molar-refractivity contribution in [3.8, 4) is 0 Å². The van der Waals surface area contributed by atoms with Gasteiger partial charge in [-0.1, -0.05) is 37.3 Å². The van der Waals surface area contributed by atoms with E-state index in [1.165, 1.54) is 57.4 Å². The minimum Gasteiger partial charge on any atom is -0.473 e. The lowest BCUT2D eigenvalue weighted by Crippen LogP contribution is -2.47. The number of aliphatic carboxylic acids is 2. The number of piperidine rings is 2. The van der Waals surface area contributed by atoms with Gasteiger partial charge in [-0.2, -0.15) is 0 Å². The minimum atomic E-state index is -1.82. The standard InChI is InChI=1S/C18H28N2.C2H2O4/c1-16-6-5-11-20(14-16)18-9-12-19(13-10-18)15-17-7-3-2-4-8-17;3-1(4)2(5)6/h2-4,7-8,16,18H,5-6,9-15H2,1H3;(H,3,4)(H,5,6). The number of carboxylic acid groups (broad SMARTS) is 2. The summed E-state index contributed by atoms with van der Waals surface area (Å²) >= 11 is 0. The molecule has 0 radical (unpaired) electrons. The zero-order valence-electron chi connectivity index (χ0n) is 15.5. The minimum absolute atomic E-state index is 0.852. The van der Waals surface area contributed by atoms with E-state index in [1.807, 2.05) is 0 Å². The summed E-state index contributed by atoms with van der Waals surface area (Å²) in [5.74, 6) is -2.74. The zero-order chi connectivity index (χ0) is 18.9. The Morgan fingerprint density at radius 1 is 1.00 bits per heavy atom. The second-order valence-corrected chi connectivity index (χ2v) is 7.35. The van der Waals surface area contributed by atoms with Crippen molar-refractivity contribution in [2.45, 2.75) is 45.2 Å². The highest BCUT2D eigenvalue weighted by atomic mass is 16.4. The molecule has 144 valence electrons. The van der Waals surface area contributed by atoms with Gasteiger partial charge < -0.3 is 15.1 Å². The summed E-state index contributed by atoms with van der Waals surface area (Å²) in [5.41, 5.74) is 1.46. The number of rotatable bonds is 3. The summed E-state index contributed by atoms with van der Waals surface area (Å²) in [7, 11) is 0. The summed E-state index contributed by atoms with van der Waals surface area (Å²) < 4.78 is 0. The first-order valence-corrected chi connectivity index (χ1v) is 9.42. The molecule has 6 nitrogen and oxygen atoms in total. The van der Waals surface area contributed by atoms with Gasteiger partial charge in [-0.25, -0.2) is 9.59 Å². The van der Waals surface area contributed by atoms with E-state index in [0.29, 0.717) is 0 Å². The molecule has 2 N–H and O–H groups in total. The summed E-state index contributed by atoms with van der Waals surface area (Å²) in [6, 6.07) is 11.8. The second-order valence-electron chi connectivity index (χ2n) is 7.35. The number of carboxylic acids is 2. The van der Waals surface area contributed by atoms with Gasteiger partial charge in [-0.15, -0.1) is 0 Å². The van der Waals surface area contributed by atoms with Gasteiger partial charge in [-0.05, 0) is 56.8 Å². The molecule has 1 aromatic carbocycles. The summed E-state index contributed by atoms with van der Waals surface area (Å²) in [6.45, 7) is 8.76. The summed E-state index contributed by atoms with van der Waals surface area (Å²) in [6.07, 6.45) is 5.56. The summed E-state index contributed by atoms with van der Waals surface area (Å²) in [5, 5.41) is 14.8. The van der Waals surface area contributed by atoms with E-state index in [-0.39, 0.29) is 0 Å². The number of hydrogen-bond donors (Lipinski definition) is 2. The van der Waals surface area contributed by atoms with Crippen molar-refractivity contribution in [1.29, 1.82) is 0 Å². The number of hydrogen-bond acceptors (Lipinski definition) is 4. The van der Waals surface area contributed by atoms with Crippen molar-refractivity contribution in [3.63, 3.8) is 0 Å². The van der Waals surface area contributed by atoms with Gasteiger partial charge in [0.1, 0.15) is 0 Å². The van der Waals surface area contributed by atoms with Crippen LogP contribution in [0.3, 0.4) is 0 Å². The Labute approximate surface area is 155 Å². The predicted octanol–water partition coefficient (Wildman–Crippen LogP) is 2.54. The van der Waals surface area contributed by atoms with E-state index in [4.69, 9.17) is 19.8 Å². The Morgan fingerprint density at radius 3 is 2.15 bits per heavy atom. The van der Waals surface area contributed by atoms with E-state index < -0.39 is 11.9 Å². The fourth-order valence-corrected chi connectivity index (χ4v) is 3.84. The molecule has 2 saturated heterocycles. The van der Waals surface area contributed by atoms with E-state index >= 15 is 0 Å².